The van der Waals surface area contributed by atoms with Crippen molar-refractivity contribution in [3.63, 3.8) is 0 Å². The summed E-state index contributed by atoms with van der Waals surface area (Å²) in [5.74, 6) is 0.458. The maximum absolute atomic E-state index is 13.1. The van der Waals surface area contributed by atoms with Crippen molar-refractivity contribution in [2.45, 2.75) is 38.6 Å². The second-order valence-corrected chi connectivity index (χ2v) is 8.11. The minimum atomic E-state index is -0.608. The Balaban J connectivity index is 1.59. The van der Waals surface area contributed by atoms with Gasteiger partial charge in [0.15, 0.2) is 10.9 Å². The highest BCUT2D eigenvalue weighted by Gasteiger charge is 2.53. The molecule has 8 heteroatoms. The molecule has 146 valence electrons. The van der Waals surface area contributed by atoms with E-state index in [1.807, 2.05) is 11.8 Å². The number of nitrogens with zero attached hydrogens (tertiary/aromatic N) is 2. The maximum atomic E-state index is 13.1. The lowest BCUT2D eigenvalue weighted by molar-refractivity contribution is -0.125. The molecule has 1 aromatic heterocycles. The van der Waals surface area contributed by atoms with Crippen molar-refractivity contribution in [1.82, 2.24) is 4.90 Å². The molecule has 0 bridgehead atoms. The highest BCUT2D eigenvalue weighted by atomic mass is 35.5. The van der Waals surface area contributed by atoms with E-state index in [1.54, 1.807) is 37.3 Å². The fourth-order valence-corrected chi connectivity index (χ4v) is 4.57. The topological polar surface area (TPSA) is 65.8 Å². The van der Waals surface area contributed by atoms with Crippen LogP contribution in [0.25, 0.3) is 0 Å². The predicted molar refractivity (Wildman–Crippen MR) is 112 cm³/mol. The van der Waals surface area contributed by atoms with Crippen LogP contribution in [-0.4, -0.2) is 33.9 Å². The van der Waals surface area contributed by atoms with Crippen LogP contribution in [0, 0.1) is 6.92 Å². The summed E-state index contributed by atoms with van der Waals surface area (Å²) in [5.41, 5.74) is 0.427. The number of anilines is 2. The van der Waals surface area contributed by atoms with Crippen molar-refractivity contribution in [1.29, 1.82) is 0 Å². The van der Waals surface area contributed by atoms with Gasteiger partial charge in [0, 0.05) is 12.2 Å². The third kappa shape index (κ3) is 2.99. The third-order valence-corrected chi connectivity index (χ3v) is 6.09. The van der Waals surface area contributed by atoms with Gasteiger partial charge in [0.2, 0.25) is 0 Å². The van der Waals surface area contributed by atoms with E-state index >= 15 is 0 Å². The predicted octanol–water partition coefficient (Wildman–Crippen LogP) is 4.37. The molecule has 2 amide bonds. The van der Waals surface area contributed by atoms with Crippen LogP contribution >= 0.6 is 23.8 Å². The average Bonchev–Trinajstić information content (AvgIpc) is 3.17. The Morgan fingerprint density at radius 1 is 1.29 bits per heavy atom. The first-order valence-corrected chi connectivity index (χ1v) is 9.93. The van der Waals surface area contributed by atoms with Crippen LogP contribution in [0.5, 0.6) is 0 Å². The molecule has 1 aromatic carbocycles. The van der Waals surface area contributed by atoms with Gasteiger partial charge in [0.05, 0.1) is 10.7 Å². The summed E-state index contributed by atoms with van der Waals surface area (Å²) in [4.78, 5) is 28.9. The molecule has 2 fully saturated rings. The molecule has 6 nitrogen and oxygen atoms in total. The average molecular weight is 418 g/mol. The number of furan rings is 1. The van der Waals surface area contributed by atoms with Gasteiger partial charge in [-0.3, -0.25) is 14.5 Å². The summed E-state index contributed by atoms with van der Waals surface area (Å²) >= 11 is 12.1. The minimum Gasteiger partial charge on any atom is -0.456 e. The number of nitrogens with one attached hydrogen (secondary N) is 1. The fraction of sp³-hybridized carbons (Fsp3) is 0.350. The molecule has 28 heavy (non-hydrogen) atoms. The standard InChI is InChI=1S/C20H20ClN3O3S/c1-12-5-8-16(27-12)17(25)22-13-6-7-15(14(21)11-13)24-18(26)20(2)9-3-4-10-23(20)19(24)28/h5-8,11H,3-4,9-10H2,1-2H3,(H,22,25). The summed E-state index contributed by atoms with van der Waals surface area (Å²) < 4.78 is 5.33. The molecule has 0 spiro atoms. The lowest BCUT2D eigenvalue weighted by Gasteiger charge is -2.36. The van der Waals surface area contributed by atoms with Gasteiger partial charge in [-0.15, -0.1) is 0 Å². The van der Waals surface area contributed by atoms with Crippen molar-refractivity contribution in [2.24, 2.45) is 0 Å². The number of piperidine rings is 1. The highest BCUT2D eigenvalue weighted by molar-refractivity contribution is 7.80. The molecule has 2 saturated heterocycles. The Hall–Kier alpha value is -2.38. The summed E-state index contributed by atoms with van der Waals surface area (Å²) in [6.07, 6.45) is 2.79. The van der Waals surface area contributed by atoms with Gasteiger partial charge < -0.3 is 14.6 Å². The van der Waals surface area contributed by atoms with Crippen LogP contribution < -0.4 is 10.2 Å². The lowest BCUT2D eigenvalue weighted by Crippen LogP contribution is -2.49. The monoisotopic (exact) mass is 417 g/mol. The molecule has 2 aliphatic rings. The van der Waals surface area contributed by atoms with E-state index in [0.717, 1.165) is 25.8 Å². The number of amides is 2. The fourth-order valence-electron chi connectivity index (χ4n) is 3.83. The van der Waals surface area contributed by atoms with Gasteiger partial charge in [-0.2, -0.15) is 0 Å². The molecule has 2 aliphatic heterocycles. The van der Waals surface area contributed by atoms with Crippen molar-refractivity contribution in [3.8, 4) is 0 Å². The zero-order valence-corrected chi connectivity index (χ0v) is 17.2. The molecular weight excluding hydrogens is 398 g/mol. The van der Waals surface area contributed by atoms with E-state index < -0.39 is 5.54 Å². The number of thiocarbonyl (C=S) groups is 1. The second-order valence-electron chi connectivity index (χ2n) is 7.34. The lowest BCUT2D eigenvalue weighted by atomic mass is 9.89. The Labute approximate surface area is 173 Å². The van der Waals surface area contributed by atoms with Crippen LogP contribution in [0.3, 0.4) is 0 Å². The Morgan fingerprint density at radius 3 is 2.71 bits per heavy atom. The zero-order valence-electron chi connectivity index (χ0n) is 15.6. The van der Waals surface area contributed by atoms with E-state index in [2.05, 4.69) is 5.32 Å². The van der Waals surface area contributed by atoms with Crippen LogP contribution in [-0.2, 0) is 4.79 Å². The number of aryl methyl sites for hydroxylation is 1. The number of hydrogen-bond donors (Lipinski definition) is 1. The van der Waals surface area contributed by atoms with Gasteiger partial charge in [0.25, 0.3) is 11.8 Å². The minimum absolute atomic E-state index is 0.0538. The summed E-state index contributed by atoms with van der Waals surface area (Å²) in [6.45, 7) is 4.48. The van der Waals surface area contributed by atoms with E-state index in [9.17, 15) is 9.59 Å². The molecule has 0 saturated carbocycles. The van der Waals surface area contributed by atoms with Gasteiger partial charge in [-0.05, 0) is 75.7 Å². The second kappa shape index (κ2) is 6.90. The first kappa shape index (κ1) is 19.0. The third-order valence-electron chi connectivity index (χ3n) is 5.39. The molecule has 0 aliphatic carbocycles. The van der Waals surface area contributed by atoms with E-state index in [-0.39, 0.29) is 17.6 Å². The summed E-state index contributed by atoms with van der Waals surface area (Å²) in [6, 6.07) is 8.35. The Kier molecular flexibility index (Phi) is 4.67. The number of benzene rings is 1. The smallest absolute Gasteiger partial charge is 0.291 e. The maximum Gasteiger partial charge on any atom is 0.291 e. The van der Waals surface area contributed by atoms with Gasteiger partial charge in [-0.1, -0.05) is 11.6 Å². The molecule has 2 aromatic rings. The van der Waals surface area contributed by atoms with E-state index in [1.165, 1.54) is 4.90 Å². The van der Waals surface area contributed by atoms with Gasteiger partial charge >= 0.3 is 0 Å². The molecule has 1 N–H and O–H groups in total. The molecule has 1 unspecified atom stereocenters. The SMILES string of the molecule is Cc1ccc(C(=O)Nc2ccc(N3C(=O)C4(C)CCCCN4C3=S)c(Cl)c2)o1. The van der Waals surface area contributed by atoms with Crippen molar-refractivity contribution in [3.05, 3.63) is 46.9 Å². The largest absolute Gasteiger partial charge is 0.456 e. The molecule has 1 atom stereocenters. The first-order valence-electron chi connectivity index (χ1n) is 9.15. The molecule has 3 heterocycles. The molecule has 0 radical (unpaired) electrons. The number of rotatable bonds is 3. The van der Waals surface area contributed by atoms with Crippen LogP contribution in [0.4, 0.5) is 11.4 Å². The summed E-state index contributed by atoms with van der Waals surface area (Å²) in [7, 11) is 0. The number of hydrogen-bond acceptors (Lipinski definition) is 4. The summed E-state index contributed by atoms with van der Waals surface area (Å²) in [5, 5.41) is 3.57. The number of halogens is 1. The van der Waals surface area contributed by atoms with E-state index in [0.29, 0.717) is 27.3 Å². The number of fused-ring (bicyclic) bond motifs is 1. The Morgan fingerprint density at radius 2 is 2.07 bits per heavy atom. The van der Waals surface area contributed by atoms with Gasteiger partial charge in [0.1, 0.15) is 11.3 Å². The van der Waals surface area contributed by atoms with Crippen molar-refractivity contribution >= 4 is 52.1 Å². The van der Waals surface area contributed by atoms with Gasteiger partial charge in [-0.25, -0.2) is 0 Å². The number of carbonyl (C=O) groups excluding carboxylic acids is 2. The quantitative estimate of drug-likeness (QED) is 0.751. The van der Waals surface area contributed by atoms with Crippen molar-refractivity contribution < 1.29 is 14.0 Å². The highest BCUT2D eigenvalue weighted by Crippen LogP contribution is 2.41. The zero-order chi connectivity index (χ0) is 20.1. The Bertz CT molecular complexity index is 989. The van der Waals surface area contributed by atoms with E-state index in [4.69, 9.17) is 28.2 Å². The number of carbonyl (C=O) groups is 2. The van der Waals surface area contributed by atoms with Crippen LogP contribution in [0.1, 0.15) is 42.5 Å². The molecular formula is C20H20ClN3O3S. The normalized spacial score (nSPS) is 21.8. The van der Waals surface area contributed by atoms with Crippen molar-refractivity contribution in [2.75, 3.05) is 16.8 Å². The van der Waals surface area contributed by atoms with Crippen LogP contribution in [0.15, 0.2) is 34.7 Å². The van der Waals surface area contributed by atoms with Crippen LogP contribution in [0.2, 0.25) is 5.02 Å². The molecule has 4 rings (SSSR count). The first-order chi connectivity index (χ1) is 13.3.